The Kier molecular flexibility index (Phi) is 4.40. The molecule has 0 aliphatic rings. The summed E-state index contributed by atoms with van der Waals surface area (Å²) in [6.07, 6.45) is 1.63. The molecule has 1 rings (SSSR count). The molecule has 88 valence electrons. The number of hydrogen-bond acceptors (Lipinski definition) is 5. The minimum absolute atomic E-state index is 0.0813. The van der Waals surface area contributed by atoms with E-state index in [4.69, 9.17) is 5.73 Å². The first-order valence-corrected chi connectivity index (χ1v) is 4.80. The molecule has 8 heteroatoms. The molecule has 0 bridgehead atoms. The van der Waals surface area contributed by atoms with Gasteiger partial charge in [-0.3, -0.25) is 10.1 Å². The highest BCUT2D eigenvalue weighted by Gasteiger charge is 2.07. The van der Waals surface area contributed by atoms with E-state index in [1.54, 1.807) is 6.20 Å². The van der Waals surface area contributed by atoms with E-state index in [-0.39, 0.29) is 6.54 Å². The van der Waals surface area contributed by atoms with Crippen LogP contribution in [0.2, 0.25) is 0 Å². The van der Waals surface area contributed by atoms with Crippen molar-refractivity contribution < 1.29 is 9.59 Å². The van der Waals surface area contributed by atoms with Crippen molar-refractivity contribution in [1.29, 1.82) is 0 Å². The third kappa shape index (κ3) is 4.05. The van der Waals surface area contributed by atoms with E-state index < -0.39 is 11.9 Å². The Morgan fingerprint density at radius 3 is 2.94 bits per heavy atom. The fourth-order valence-corrected chi connectivity index (χ4v) is 1.07. The van der Waals surface area contributed by atoms with Crippen molar-refractivity contribution in [2.75, 3.05) is 6.54 Å². The lowest BCUT2D eigenvalue weighted by Gasteiger charge is -1.99. The van der Waals surface area contributed by atoms with Crippen molar-refractivity contribution in [2.45, 2.75) is 20.0 Å². The van der Waals surface area contributed by atoms with E-state index in [1.807, 2.05) is 12.2 Å². The first-order chi connectivity index (χ1) is 7.61. The summed E-state index contributed by atoms with van der Waals surface area (Å²) in [6.45, 7) is 3.32. The second-order valence-corrected chi connectivity index (χ2v) is 3.10. The Morgan fingerprint density at radius 1 is 1.56 bits per heavy atom. The van der Waals surface area contributed by atoms with Gasteiger partial charge in [0.25, 0.3) is 0 Å². The topological polar surface area (TPSA) is 115 Å². The summed E-state index contributed by atoms with van der Waals surface area (Å²) in [5, 5.41) is 12.6. The summed E-state index contributed by atoms with van der Waals surface area (Å²) in [5.74, 6) is -0.521. The van der Waals surface area contributed by atoms with Crippen molar-refractivity contribution >= 4 is 11.9 Å². The SMILES string of the molecule is CCNCc1cn(CC(=O)NC(N)=O)nn1. The van der Waals surface area contributed by atoms with E-state index in [0.29, 0.717) is 6.54 Å². The zero-order valence-corrected chi connectivity index (χ0v) is 8.93. The Labute approximate surface area is 92.2 Å². The molecule has 0 unspecified atom stereocenters. The molecule has 0 radical (unpaired) electrons. The van der Waals surface area contributed by atoms with Gasteiger partial charge in [-0.2, -0.15) is 0 Å². The van der Waals surface area contributed by atoms with Gasteiger partial charge in [-0.1, -0.05) is 12.1 Å². The average Bonchev–Trinajstić information content (AvgIpc) is 2.61. The van der Waals surface area contributed by atoms with E-state index in [9.17, 15) is 9.59 Å². The van der Waals surface area contributed by atoms with Gasteiger partial charge in [-0.25, -0.2) is 9.48 Å². The predicted octanol–water partition coefficient (Wildman–Crippen LogP) is -1.42. The van der Waals surface area contributed by atoms with Gasteiger partial charge < -0.3 is 11.1 Å². The summed E-state index contributed by atoms with van der Waals surface area (Å²) in [7, 11) is 0. The number of nitrogens with one attached hydrogen (secondary N) is 2. The number of imide groups is 1. The van der Waals surface area contributed by atoms with Crippen LogP contribution in [0.5, 0.6) is 0 Å². The second kappa shape index (κ2) is 5.81. The quantitative estimate of drug-likeness (QED) is 0.570. The Hall–Kier alpha value is -1.96. The molecule has 0 aromatic carbocycles. The van der Waals surface area contributed by atoms with E-state index in [2.05, 4.69) is 15.6 Å². The normalized spacial score (nSPS) is 10.1. The molecule has 0 fully saturated rings. The highest BCUT2D eigenvalue weighted by molar-refractivity contribution is 5.93. The standard InChI is InChI=1S/C8H14N6O2/c1-2-10-3-6-4-14(13-12-6)5-7(15)11-8(9)16/h4,10H,2-3,5H2,1H3,(H3,9,11,15,16). The van der Waals surface area contributed by atoms with Crippen LogP contribution in [0.4, 0.5) is 4.79 Å². The van der Waals surface area contributed by atoms with Crippen LogP contribution in [-0.2, 0) is 17.9 Å². The maximum atomic E-state index is 11.1. The number of nitrogens with two attached hydrogens (primary N) is 1. The lowest BCUT2D eigenvalue weighted by atomic mass is 10.4. The largest absolute Gasteiger partial charge is 0.351 e. The molecule has 0 spiro atoms. The second-order valence-electron chi connectivity index (χ2n) is 3.10. The lowest BCUT2D eigenvalue weighted by molar-refractivity contribution is -0.120. The number of nitrogens with zero attached hydrogens (tertiary/aromatic N) is 3. The fourth-order valence-electron chi connectivity index (χ4n) is 1.07. The molecule has 0 atom stereocenters. The average molecular weight is 226 g/mol. The number of carbonyl (C=O) groups excluding carboxylic acids is 2. The smallest absolute Gasteiger partial charge is 0.318 e. The summed E-state index contributed by atoms with van der Waals surface area (Å²) < 4.78 is 1.34. The van der Waals surface area contributed by atoms with Gasteiger partial charge >= 0.3 is 6.03 Å². The first kappa shape index (κ1) is 12.1. The molecule has 16 heavy (non-hydrogen) atoms. The molecule has 0 saturated heterocycles. The number of carbonyl (C=O) groups is 2. The molecular weight excluding hydrogens is 212 g/mol. The van der Waals surface area contributed by atoms with Crippen LogP contribution < -0.4 is 16.4 Å². The minimum atomic E-state index is -0.877. The first-order valence-electron chi connectivity index (χ1n) is 4.80. The summed E-state index contributed by atoms with van der Waals surface area (Å²) in [5.41, 5.74) is 5.52. The molecule has 1 heterocycles. The molecular formula is C8H14N6O2. The lowest BCUT2D eigenvalue weighted by Crippen LogP contribution is -2.37. The molecule has 4 N–H and O–H groups in total. The zero-order chi connectivity index (χ0) is 12.0. The van der Waals surface area contributed by atoms with Gasteiger partial charge in [0.1, 0.15) is 6.54 Å². The van der Waals surface area contributed by atoms with Gasteiger partial charge in [0.15, 0.2) is 0 Å². The zero-order valence-electron chi connectivity index (χ0n) is 8.93. The van der Waals surface area contributed by atoms with Crippen LogP contribution in [0.15, 0.2) is 6.20 Å². The van der Waals surface area contributed by atoms with Crippen LogP contribution >= 0.6 is 0 Å². The molecule has 8 nitrogen and oxygen atoms in total. The highest BCUT2D eigenvalue weighted by Crippen LogP contribution is 1.92. The van der Waals surface area contributed by atoms with Crippen molar-refractivity contribution in [3.05, 3.63) is 11.9 Å². The molecule has 0 aliphatic heterocycles. The summed E-state index contributed by atoms with van der Waals surface area (Å²) >= 11 is 0. The number of aromatic nitrogens is 3. The van der Waals surface area contributed by atoms with Gasteiger partial charge in [0.2, 0.25) is 5.91 Å². The van der Waals surface area contributed by atoms with Gasteiger partial charge in [0.05, 0.1) is 11.9 Å². The molecule has 0 saturated carbocycles. The maximum Gasteiger partial charge on any atom is 0.318 e. The number of hydrogen-bond donors (Lipinski definition) is 3. The Morgan fingerprint density at radius 2 is 2.31 bits per heavy atom. The fraction of sp³-hybridized carbons (Fsp3) is 0.500. The number of urea groups is 1. The molecule has 0 aliphatic carbocycles. The summed E-state index contributed by atoms with van der Waals surface area (Å²) in [6, 6.07) is -0.877. The van der Waals surface area contributed by atoms with Gasteiger partial charge in [0, 0.05) is 6.54 Å². The third-order valence-electron chi connectivity index (χ3n) is 1.71. The van der Waals surface area contributed by atoms with E-state index in [1.165, 1.54) is 4.68 Å². The van der Waals surface area contributed by atoms with E-state index in [0.717, 1.165) is 12.2 Å². The highest BCUT2D eigenvalue weighted by atomic mass is 16.2. The van der Waals surface area contributed by atoms with Crippen LogP contribution in [0, 0.1) is 0 Å². The Balaban J connectivity index is 2.45. The van der Waals surface area contributed by atoms with Crippen LogP contribution in [0.25, 0.3) is 0 Å². The Bertz CT molecular complexity index is 374. The van der Waals surface area contributed by atoms with Gasteiger partial charge in [-0.15, -0.1) is 5.10 Å². The number of amides is 3. The van der Waals surface area contributed by atoms with Crippen LogP contribution in [0.3, 0.4) is 0 Å². The number of rotatable bonds is 5. The predicted molar refractivity (Wildman–Crippen MR) is 55.1 cm³/mol. The molecule has 3 amide bonds. The van der Waals surface area contributed by atoms with Gasteiger partial charge in [-0.05, 0) is 6.54 Å². The maximum absolute atomic E-state index is 11.1. The van der Waals surface area contributed by atoms with Crippen molar-refractivity contribution in [1.82, 2.24) is 25.6 Å². The van der Waals surface area contributed by atoms with Crippen molar-refractivity contribution in [3.8, 4) is 0 Å². The molecule has 1 aromatic rings. The van der Waals surface area contributed by atoms with E-state index >= 15 is 0 Å². The summed E-state index contributed by atoms with van der Waals surface area (Å²) in [4.78, 5) is 21.5. The van der Waals surface area contributed by atoms with Crippen LogP contribution in [0.1, 0.15) is 12.6 Å². The number of primary amides is 1. The molecule has 1 aromatic heterocycles. The van der Waals surface area contributed by atoms with Crippen LogP contribution in [-0.4, -0.2) is 33.5 Å². The van der Waals surface area contributed by atoms with Crippen molar-refractivity contribution in [2.24, 2.45) is 5.73 Å². The van der Waals surface area contributed by atoms with Crippen molar-refractivity contribution in [3.63, 3.8) is 0 Å². The monoisotopic (exact) mass is 226 g/mol. The third-order valence-corrected chi connectivity index (χ3v) is 1.71. The minimum Gasteiger partial charge on any atom is -0.351 e.